The molecule has 3 heteroatoms. The second-order valence-electron chi connectivity index (χ2n) is 2.08. The first-order valence-electron chi connectivity index (χ1n) is 3.07. The zero-order valence-electron chi connectivity index (χ0n) is 6.05. The molecule has 2 N–H and O–H groups in total. The molecule has 0 aromatic carbocycles. The molecule has 0 spiro atoms. The van der Waals surface area contributed by atoms with Crippen LogP contribution in [0, 0.1) is 6.92 Å². The van der Waals surface area contributed by atoms with Gasteiger partial charge in [-0.3, -0.25) is 4.98 Å². The normalized spacial score (nSPS) is 9.40. The lowest BCUT2D eigenvalue weighted by Gasteiger charge is -2.00. The van der Waals surface area contributed by atoms with Crippen LogP contribution in [0.4, 0.5) is 5.69 Å². The monoisotopic (exact) mass is 138 g/mol. The zero-order chi connectivity index (χ0) is 7.56. The molecule has 0 aliphatic heterocycles. The van der Waals surface area contributed by atoms with Crippen LogP contribution in [-0.4, -0.2) is 17.1 Å². The van der Waals surface area contributed by atoms with E-state index in [1.165, 1.54) is 0 Å². The highest BCUT2D eigenvalue weighted by molar-refractivity contribution is 5.46. The topological polar surface area (TPSA) is 45.2 Å². The lowest BCUT2D eigenvalue weighted by Crippen LogP contribution is -1.89. The van der Waals surface area contributed by atoms with Gasteiger partial charge < -0.3 is 10.4 Å². The number of aryl methyl sites for hydroxylation is 1. The highest BCUT2D eigenvalue weighted by Gasteiger charge is 1.95. The van der Waals surface area contributed by atoms with Crippen molar-refractivity contribution in [2.45, 2.75) is 6.92 Å². The van der Waals surface area contributed by atoms with E-state index in [9.17, 15) is 0 Å². The maximum atomic E-state index is 9.13. The van der Waals surface area contributed by atoms with Gasteiger partial charge in [-0.05, 0) is 6.92 Å². The molecular weight excluding hydrogens is 128 g/mol. The van der Waals surface area contributed by atoms with Crippen molar-refractivity contribution in [1.82, 2.24) is 4.98 Å². The lowest BCUT2D eigenvalue weighted by atomic mass is 10.3. The quantitative estimate of drug-likeness (QED) is 0.611. The van der Waals surface area contributed by atoms with Crippen LogP contribution in [0.5, 0.6) is 5.75 Å². The number of nitrogens with one attached hydrogen (secondary N) is 1. The first-order valence-corrected chi connectivity index (χ1v) is 3.07. The SMILES string of the molecule is CNc1cnc(C)c(O)c1. The average Bonchev–Trinajstić information content (AvgIpc) is 1.95. The predicted molar refractivity (Wildman–Crippen MR) is 40.2 cm³/mol. The first kappa shape index (κ1) is 6.86. The average molecular weight is 138 g/mol. The summed E-state index contributed by atoms with van der Waals surface area (Å²) < 4.78 is 0. The Morgan fingerprint density at radius 3 is 2.80 bits per heavy atom. The number of aromatic hydroxyl groups is 1. The minimum absolute atomic E-state index is 0.229. The molecule has 0 saturated carbocycles. The molecule has 0 aliphatic rings. The van der Waals surface area contributed by atoms with Crippen molar-refractivity contribution in [2.75, 3.05) is 12.4 Å². The number of hydrogen-bond acceptors (Lipinski definition) is 3. The van der Waals surface area contributed by atoms with Crippen LogP contribution in [-0.2, 0) is 0 Å². The number of aromatic nitrogens is 1. The van der Waals surface area contributed by atoms with Crippen LogP contribution in [0.15, 0.2) is 12.3 Å². The summed E-state index contributed by atoms with van der Waals surface area (Å²) in [6.45, 7) is 1.76. The Morgan fingerprint density at radius 1 is 1.60 bits per heavy atom. The molecule has 0 unspecified atom stereocenters. The molecule has 0 radical (unpaired) electrons. The smallest absolute Gasteiger partial charge is 0.138 e. The number of nitrogens with zero attached hydrogens (tertiary/aromatic N) is 1. The molecule has 0 saturated heterocycles. The summed E-state index contributed by atoms with van der Waals surface area (Å²) in [5.74, 6) is 0.229. The van der Waals surface area contributed by atoms with Gasteiger partial charge in [0, 0.05) is 13.1 Å². The van der Waals surface area contributed by atoms with E-state index in [1.807, 2.05) is 0 Å². The van der Waals surface area contributed by atoms with Gasteiger partial charge in [0.2, 0.25) is 0 Å². The molecule has 0 fully saturated rings. The summed E-state index contributed by atoms with van der Waals surface area (Å²) in [4.78, 5) is 3.94. The van der Waals surface area contributed by atoms with E-state index in [-0.39, 0.29) is 5.75 Å². The molecule has 0 aliphatic carbocycles. The predicted octanol–water partition coefficient (Wildman–Crippen LogP) is 1.14. The van der Waals surface area contributed by atoms with Crippen LogP contribution in [0.3, 0.4) is 0 Å². The third kappa shape index (κ3) is 1.18. The molecule has 54 valence electrons. The fraction of sp³-hybridized carbons (Fsp3) is 0.286. The van der Waals surface area contributed by atoms with Crippen molar-refractivity contribution in [3.63, 3.8) is 0 Å². The maximum Gasteiger partial charge on any atom is 0.138 e. The van der Waals surface area contributed by atoms with E-state index in [0.29, 0.717) is 5.69 Å². The second-order valence-corrected chi connectivity index (χ2v) is 2.08. The molecule has 0 amide bonds. The van der Waals surface area contributed by atoms with Gasteiger partial charge in [-0.2, -0.15) is 0 Å². The minimum atomic E-state index is 0.229. The fourth-order valence-corrected chi connectivity index (χ4v) is 0.658. The van der Waals surface area contributed by atoms with Gasteiger partial charge in [-0.25, -0.2) is 0 Å². The van der Waals surface area contributed by atoms with Gasteiger partial charge in [-0.1, -0.05) is 0 Å². The third-order valence-corrected chi connectivity index (χ3v) is 1.35. The largest absolute Gasteiger partial charge is 0.506 e. The molecule has 0 atom stereocenters. The Bertz CT molecular complexity index is 235. The first-order chi connectivity index (χ1) is 4.74. The Kier molecular flexibility index (Phi) is 1.76. The Hall–Kier alpha value is -1.25. The van der Waals surface area contributed by atoms with Crippen molar-refractivity contribution in [1.29, 1.82) is 0 Å². The van der Waals surface area contributed by atoms with E-state index in [0.717, 1.165) is 5.69 Å². The number of rotatable bonds is 1. The molecule has 3 nitrogen and oxygen atoms in total. The molecule has 1 heterocycles. The Balaban J connectivity index is 3.04. The van der Waals surface area contributed by atoms with Gasteiger partial charge in [0.25, 0.3) is 0 Å². The van der Waals surface area contributed by atoms with E-state index in [1.54, 1.807) is 26.2 Å². The minimum Gasteiger partial charge on any atom is -0.506 e. The third-order valence-electron chi connectivity index (χ3n) is 1.35. The number of anilines is 1. The lowest BCUT2D eigenvalue weighted by molar-refractivity contribution is 0.468. The Morgan fingerprint density at radius 2 is 2.30 bits per heavy atom. The fourth-order valence-electron chi connectivity index (χ4n) is 0.658. The van der Waals surface area contributed by atoms with Gasteiger partial charge >= 0.3 is 0 Å². The van der Waals surface area contributed by atoms with E-state index in [2.05, 4.69) is 10.3 Å². The van der Waals surface area contributed by atoms with Crippen molar-refractivity contribution in [2.24, 2.45) is 0 Å². The standard InChI is InChI=1S/C7H10N2O/c1-5-7(10)3-6(8-2)4-9-5/h3-4,8,10H,1-2H3. The summed E-state index contributed by atoms with van der Waals surface area (Å²) in [5.41, 5.74) is 1.47. The van der Waals surface area contributed by atoms with Gasteiger partial charge in [-0.15, -0.1) is 0 Å². The molecule has 10 heavy (non-hydrogen) atoms. The summed E-state index contributed by atoms with van der Waals surface area (Å²) in [6.07, 6.45) is 1.68. The summed E-state index contributed by atoms with van der Waals surface area (Å²) in [7, 11) is 1.78. The van der Waals surface area contributed by atoms with Crippen molar-refractivity contribution >= 4 is 5.69 Å². The van der Waals surface area contributed by atoms with Crippen LogP contribution in [0.25, 0.3) is 0 Å². The number of pyridine rings is 1. The van der Waals surface area contributed by atoms with Crippen LogP contribution < -0.4 is 5.32 Å². The maximum absolute atomic E-state index is 9.13. The molecule has 0 bridgehead atoms. The van der Waals surface area contributed by atoms with Gasteiger partial charge in [0.15, 0.2) is 0 Å². The van der Waals surface area contributed by atoms with E-state index in [4.69, 9.17) is 5.11 Å². The van der Waals surface area contributed by atoms with Crippen LogP contribution >= 0.6 is 0 Å². The van der Waals surface area contributed by atoms with Crippen LogP contribution in [0.1, 0.15) is 5.69 Å². The Labute approximate surface area is 59.7 Å². The highest BCUT2D eigenvalue weighted by Crippen LogP contribution is 2.16. The van der Waals surface area contributed by atoms with Gasteiger partial charge in [0.05, 0.1) is 17.6 Å². The van der Waals surface area contributed by atoms with Crippen molar-refractivity contribution in [3.05, 3.63) is 18.0 Å². The van der Waals surface area contributed by atoms with Crippen LogP contribution in [0.2, 0.25) is 0 Å². The van der Waals surface area contributed by atoms with E-state index < -0.39 is 0 Å². The van der Waals surface area contributed by atoms with Gasteiger partial charge in [0.1, 0.15) is 5.75 Å². The zero-order valence-corrected chi connectivity index (χ0v) is 6.05. The summed E-state index contributed by atoms with van der Waals surface area (Å²) >= 11 is 0. The molecule has 1 aromatic heterocycles. The molecule has 1 rings (SSSR count). The highest BCUT2D eigenvalue weighted by atomic mass is 16.3. The van der Waals surface area contributed by atoms with E-state index >= 15 is 0 Å². The summed E-state index contributed by atoms with van der Waals surface area (Å²) in [6, 6.07) is 1.64. The molecule has 1 aromatic rings. The summed E-state index contributed by atoms with van der Waals surface area (Å²) in [5, 5.41) is 12.0. The number of hydrogen-bond donors (Lipinski definition) is 2. The van der Waals surface area contributed by atoms with Crippen molar-refractivity contribution in [3.8, 4) is 5.75 Å². The van der Waals surface area contributed by atoms with Crippen molar-refractivity contribution < 1.29 is 5.11 Å². The second kappa shape index (κ2) is 2.56. The molecular formula is C7H10N2O.